The van der Waals surface area contributed by atoms with Crippen molar-refractivity contribution in [3.8, 4) is 0 Å². The zero-order valence-electron chi connectivity index (χ0n) is 12.1. The maximum atomic E-state index is 5.50. The van der Waals surface area contributed by atoms with Crippen LogP contribution in [0, 0.1) is 0 Å². The van der Waals surface area contributed by atoms with Gasteiger partial charge in [0, 0.05) is 25.2 Å². The van der Waals surface area contributed by atoms with Gasteiger partial charge in [0.25, 0.3) is 0 Å². The zero-order chi connectivity index (χ0) is 12.7. The van der Waals surface area contributed by atoms with Gasteiger partial charge in [0.1, 0.15) is 0 Å². The highest BCUT2D eigenvalue weighted by Gasteiger charge is 2.30. The molecule has 3 heteroatoms. The van der Waals surface area contributed by atoms with Gasteiger partial charge in [0.05, 0.1) is 6.10 Å². The second-order valence-electron chi connectivity index (χ2n) is 5.93. The van der Waals surface area contributed by atoms with Gasteiger partial charge in [-0.3, -0.25) is 4.90 Å². The van der Waals surface area contributed by atoms with Gasteiger partial charge in [0.2, 0.25) is 0 Å². The molecule has 0 radical (unpaired) electrons. The predicted molar refractivity (Wildman–Crippen MR) is 73.5 cm³/mol. The Morgan fingerprint density at radius 1 is 1.29 bits per heavy atom. The molecule has 0 aromatic heterocycles. The Morgan fingerprint density at radius 3 is 2.65 bits per heavy atom. The molecule has 1 heterocycles. The second-order valence-corrected chi connectivity index (χ2v) is 5.93. The third-order valence-corrected chi connectivity index (χ3v) is 3.58. The predicted octanol–water partition coefficient (Wildman–Crippen LogP) is 2.27. The van der Waals surface area contributed by atoms with Gasteiger partial charge in [-0.05, 0) is 60.0 Å². The van der Waals surface area contributed by atoms with Gasteiger partial charge >= 0.3 is 0 Å². The maximum Gasteiger partial charge on any atom is 0.0518 e. The molecule has 0 aliphatic carbocycles. The van der Waals surface area contributed by atoms with Crippen LogP contribution in [0.2, 0.25) is 0 Å². The van der Waals surface area contributed by atoms with Gasteiger partial charge in [0.15, 0.2) is 0 Å². The second kappa shape index (κ2) is 7.34. The summed E-state index contributed by atoms with van der Waals surface area (Å²) in [6, 6.07) is 0. The van der Waals surface area contributed by atoms with Crippen LogP contribution in [0.1, 0.15) is 47.0 Å². The molecule has 1 N–H and O–H groups in total. The van der Waals surface area contributed by atoms with E-state index in [-0.39, 0.29) is 0 Å². The van der Waals surface area contributed by atoms with Crippen molar-refractivity contribution in [2.45, 2.75) is 58.6 Å². The summed E-state index contributed by atoms with van der Waals surface area (Å²) in [5.74, 6) is 0. The lowest BCUT2D eigenvalue weighted by atomic mass is 10.0. The van der Waals surface area contributed by atoms with E-state index in [4.69, 9.17) is 4.74 Å². The van der Waals surface area contributed by atoms with Gasteiger partial charge in [-0.2, -0.15) is 0 Å². The molecule has 0 atom stereocenters. The van der Waals surface area contributed by atoms with Crippen molar-refractivity contribution < 1.29 is 4.74 Å². The summed E-state index contributed by atoms with van der Waals surface area (Å²) in [5.41, 5.74) is 0.419. The summed E-state index contributed by atoms with van der Waals surface area (Å²) in [6.07, 6.45) is 4.17. The molecule has 0 unspecified atom stereocenters. The first-order valence-electron chi connectivity index (χ1n) is 7.10. The van der Waals surface area contributed by atoms with Gasteiger partial charge in [-0.15, -0.1) is 0 Å². The molecule has 1 aliphatic heterocycles. The van der Waals surface area contributed by atoms with Crippen molar-refractivity contribution in [3.63, 3.8) is 0 Å². The number of likely N-dealkylation sites (tertiary alicyclic amines) is 1. The van der Waals surface area contributed by atoms with Crippen molar-refractivity contribution in [2.24, 2.45) is 0 Å². The number of hydrogen-bond acceptors (Lipinski definition) is 3. The molecule has 0 saturated carbocycles. The lowest BCUT2D eigenvalue weighted by Gasteiger charge is -2.31. The normalized spacial score (nSPS) is 20.3. The summed E-state index contributed by atoms with van der Waals surface area (Å²) >= 11 is 0. The quantitative estimate of drug-likeness (QED) is 0.661. The lowest BCUT2D eigenvalue weighted by Crippen LogP contribution is -2.42. The molecule has 0 bridgehead atoms. The van der Waals surface area contributed by atoms with Crippen molar-refractivity contribution >= 4 is 0 Å². The average Bonchev–Trinajstić information content (AvgIpc) is 2.56. The first kappa shape index (κ1) is 14.9. The largest absolute Gasteiger partial charge is 0.379 e. The molecule has 0 aromatic rings. The fraction of sp³-hybridized carbons (Fsp3) is 1.00. The first-order chi connectivity index (χ1) is 8.02. The van der Waals surface area contributed by atoms with E-state index < -0.39 is 0 Å². The van der Waals surface area contributed by atoms with Crippen LogP contribution in [0.4, 0.5) is 0 Å². The van der Waals surface area contributed by atoms with Crippen LogP contribution in [0.5, 0.6) is 0 Å². The Balaban J connectivity index is 1.94. The third-order valence-electron chi connectivity index (χ3n) is 3.58. The molecular weight excluding hydrogens is 212 g/mol. The van der Waals surface area contributed by atoms with Crippen LogP contribution in [-0.4, -0.2) is 49.3 Å². The van der Waals surface area contributed by atoms with Crippen LogP contribution in [0.3, 0.4) is 0 Å². The Labute approximate surface area is 107 Å². The van der Waals surface area contributed by atoms with E-state index in [1.165, 1.54) is 25.9 Å². The molecule has 0 aromatic carbocycles. The zero-order valence-corrected chi connectivity index (χ0v) is 12.1. The summed E-state index contributed by atoms with van der Waals surface area (Å²) in [5, 5.41) is 3.50. The topological polar surface area (TPSA) is 24.5 Å². The molecule has 102 valence electrons. The van der Waals surface area contributed by atoms with Crippen LogP contribution >= 0.6 is 0 Å². The molecule has 17 heavy (non-hydrogen) atoms. The highest BCUT2D eigenvalue weighted by molar-refractivity contribution is 4.87. The number of ether oxygens (including phenoxy) is 1. The number of nitrogens with one attached hydrogen (secondary N) is 1. The first-order valence-corrected chi connectivity index (χ1v) is 7.10. The SMILES string of the molecule is CC(C)OCCCNCCN1CCCC1(C)C. The van der Waals surface area contributed by atoms with Gasteiger partial charge < -0.3 is 10.1 Å². The Hall–Kier alpha value is -0.120. The molecule has 3 nitrogen and oxygen atoms in total. The van der Waals surface area contributed by atoms with E-state index in [1.807, 2.05) is 0 Å². The van der Waals surface area contributed by atoms with Crippen LogP contribution < -0.4 is 5.32 Å². The number of nitrogens with zero attached hydrogens (tertiary/aromatic N) is 1. The van der Waals surface area contributed by atoms with E-state index >= 15 is 0 Å². The molecule has 1 saturated heterocycles. The summed E-state index contributed by atoms with van der Waals surface area (Å²) in [7, 11) is 0. The van der Waals surface area contributed by atoms with Crippen LogP contribution in [0.15, 0.2) is 0 Å². The standard InChI is InChI=1S/C14H30N2O/c1-13(2)17-12-6-8-15-9-11-16-10-5-7-14(16,3)4/h13,15H,5-12H2,1-4H3. The number of hydrogen-bond donors (Lipinski definition) is 1. The highest BCUT2D eigenvalue weighted by Crippen LogP contribution is 2.27. The lowest BCUT2D eigenvalue weighted by molar-refractivity contribution is 0.0768. The van der Waals surface area contributed by atoms with E-state index in [1.54, 1.807) is 0 Å². The minimum atomic E-state index is 0.361. The van der Waals surface area contributed by atoms with Crippen LogP contribution in [0.25, 0.3) is 0 Å². The Kier molecular flexibility index (Phi) is 6.45. The Bertz CT molecular complexity index is 204. The minimum absolute atomic E-state index is 0.361. The molecule has 1 rings (SSSR count). The molecular formula is C14H30N2O. The summed E-state index contributed by atoms with van der Waals surface area (Å²) < 4.78 is 5.50. The monoisotopic (exact) mass is 242 g/mol. The molecule has 1 fully saturated rings. The van der Waals surface area contributed by atoms with E-state index in [0.717, 1.165) is 26.1 Å². The highest BCUT2D eigenvalue weighted by atomic mass is 16.5. The van der Waals surface area contributed by atoms with Gasteiger partial charge in [-0.25, -0.2) is 0 Å². The fourth-order valence-corrected chi connectivity index (χ4v) is 2.43. The van der Waals surface area contributed by atoms with Crippen molar-refractivity contribution in [2.75, 3.05) is 32.8 Å². The van der Waals surface area contributed by atoms with E-state index in [0.29, 0.717) is 11.6 Å². The molecule has 0 amide bonds. The van der Waals surface area contributed by atoms with E-state index in [2.05, 4.69) is 37.9 Å². The third kappa shape index (κ3) is 5.84. The number of rotatable bonds is 8. The fourth-order valence-electron chi connectivity index (χ4n) is 2.43. The van der Waals surface area contributed by atoms with Crippen LogP contribution in [-0.2, 0) is 4.74 Å². The van der Waals surface area contributed by atoms with Crippen molar-refractivity contribution in [1.82, 2.24) is 10.2 Å². The maximum absolute atomic E-state index is 5.50. The smallest absolute Gasteiger partial charge is 0.0518 e. The van der Waals surface area contributed by atoms with Crippen molar-refractivity contribution in [1.29, 1.82) is 0 Å². The van der Waals surface area contributed by atoms with Crippen molar-refractivity contribution in [3.05, 3.63) is 0 Å². The molecule has 0 spiro atoms. The van der Waals surface area contributed by atoms with Gasteiger partial charge in [-0.1, -0.05) is 0 Å². The summed E-state index contributed by atoms with van der Waals surface area (Å²) in [6.45, 7) is 14.4. The Morgan fingerprint density at radius 2 is 2.06 bits per heavy atom. The summed E-state index contributed by atoms with van der Waals surface area (Å²) in [4.78, 5) is 2.60. The minimum Gasteiger partial charge on any atom is -0.379 e. The molecule has 1 aliphatic rings. The average molecular weight is 242 g/mol. The van der Waals surface area contributed by atoms with E-state index in [9.17, 15) is 0 Å².